The summed E-state index contributed by atoms with van der Waals surface area (Å²) in [7, 11) is -1.64. The van der Waals surface area contributed by atoms with Gasteiger partial charge in [0.2, 0.25) is 9.84 Å². The molecule has 3 aromatic rings. The second-order valence-electron chi connectivity index (χ2n) is 7.69. The van der Waals surface area contributed by atoms with Gasteiger partial charge in [0.25, 0.3) is 0 Å². The van der Waals surface area contributed by atoms with Crippen LogP contribution in [-0.2, 0) is 9.84 Å². The first-order valence-corrected chi connectivity index (χ1v) is 11.7. The molecule has 0 amide bonds. The predicted molar refractivity (Wildman–Crippen MR) is 119 cm³/mol. The fourth-order valence-corrected chi connectivity index (χ4v) is 5.23. The van der Waals surface area contributed by atoms with Gasteiger partial charge in [0.05, 0.1) is 22.7 Å². The van der Waals surface area contributed by atoms with Gasteiger partial charge in [-0.25, -0.2) is 8.42 Å². The monoisotopic (exact) mass is 425 g/mol. The number of likely N-dealkylation sites (N-methyl/N-ethyl adjacent to an activating group) is 1. The number of anilines is 1. The van der Waals surface area contributed by atoms with Gasteiger partial charge in [0, 0.05) is 37.8 Å². The Morgan fingerprint density at radius 1 is 1.03 bits per heavy atom. The van der Waals surface area contributed by atoms with Gasteiger partial charge in [-0.1, -0.05) is 17.7 Å². The first kappa shape index (κ1) is 20.6. The van der Waals surface area contributed by atoms with Crippen LogP contribution in [0, 0.1) is 6.92 Å². The van der Waals surface area contributed by atoms with Crippen LogP contribution in [-0.4, -0.2) is 58.1 Å². The molecule has 0 radical (unpaired) electrons. The van der Waals surface area contributed by atoms with E-state index in [0.29, 0.717) is 12.4 Å². The highest BCUT2D eigenvalue weighted by Gasteiger charge is 2.28. The summed E-state index contributed by atoms with van der Waals surface area (Å²) in [5.74, 6) is 0.715. The Balaban J connectivity index is 1.94. The average molecular weight is 426 g/mol. The maximum absolute atomic E-state index is 13.6. The summed E-state index contributed by atoms with van der Waals surface area (Å²) in [5, 5.41) is 0.804. The SMILES string of the molecule is CCOc1ccc2ncc(S(=O)(=O)c3ccc(C)cc3)c(N3CCN(C)CC3)c2c1. The molecule has 4 rings (SSSR count). The highest BCUT2D eigenvalue weighted by Crippen LogP contribution is 2.37. The van der Waals surface area contributed by atoms with Crippen LogP contribution in [0.5, 0.6) is 5.75 Å². The molecule has 1 aliphatic rings. The number of hydrogen-bond donors (Lipinski definition) is 0. The molecule has 1 aliphatic heterocycles. The molecule has 0 bridgehead atoms. The highest BCUT2D eigenvalue weighted by molar-refractivity contribution is 7.91. The van der Waals surface area contributed by atoms with Gasteiger partial charge in [0.15, 0.2) is 0 Å². The third-order valence-electron chi connectivity index (χ3n) is 5.53. The van der Waals surface area contributed by atoms with Crippen molar-refractivity contribution >= 4 is 26.4 Å². The van der Waals surface area contributed by atoms with Crippen LogP contribution in [0.4, 0.5) is 5.69 Å². The smallest absolute Gasteiger partial charge is 0.210 e. The molecule has 158 valence electrons. The zero-order valence-corrected chi connectivity index (χ0v) is 18.4. The van der Waals surface area contributed by atoms with Crippen LogP contribution >= 0.6 is 0 Å². The lowest BCUT2D eigenvalue weighted by Gasteiger charge is -2.35. The van der Waals surface area contributed by atoms with Crippen LogP contribution in [0.15, 0.2) is 58.5 Å². The number of aryl methyl sites for hydroxylation is 1. The van der Waals surface area contributed by atoms with Crippen molar-refractivity contribution in [3.05, 3.63) is 54.2 Å². The van der Waals surface area contributed by atoms with E-state index in [-0.39, 0.29) is 9.79 Å². The number of hydrogen-bond acceptors (Lipinski definition) is 6. The minimum atomic E-state index is -3.72. The first-order valence-electron chi connectivity index (χ1n) is 10.2. The third kappa shape index (κ3) is 3.87. The molecular formula is C23H27N3O3S. The van der Waals surface area contributed by atoms with Crippen molar-refractivity contribution in [1.82, 2.24) is 9.88 Å². The molecule has 6 nitrogen and oxygen atoms in total. The Morgan fingerprint density at radius 3 is 2.40 bits per heavy atom. The van der Waals surface area contributed by atoms with Crippen molar-refractivity contribution in [2.24, 2.45) is 0 Å². The lowest BCUT2D eigenvalue weighted by Crippen LogP contribution is -2.45. The van der Waals surface area contributed by atoms with Gasteiger partial charge in [0.1, 0.15) is 10.6 Å². The van der Waals surface area contributed by atoms with E-state index >= 15 is 0 Å². The van der Waals surface area contributed by atoms with E-state index < -0.39 is 9.84 Å². The maximum atomic E-state index is 13.6. The number of rotatable bonds is 5. The molecule has 1 saturated heterocycles. The Morgan fingerprint density at radius 2 is 1.73 bits per heavy atom. The molecule has 0 atom stereocenters. The van der Waals surface area contributed by atoms with E-state index in [1.807, 2.05) is 44.2 Å². The Labute approximate surface area is 178 Å². The number of aromatic nitrogens is 1. The van der Waals surface area contributed by atoms with E-state index in [2.05, 4.69) is 21.8 Å². The number of benzene rings is 2. The number of nitrogens with zero attached hydrogens (tertiary/aromatic N) is 3. The minimum Gasteiger partial charge on any atom is -0.494 e. The largest absolute Gasteiger partial charge is 0.494 e. The molecular weight excluding hydrogens is 398 g/mol. The quantitative estimate of drug-likeness (QED) is 0.623. The zero-order chi connectivity index (χ0) is 21.3. The molecule has 0 spiro atoms. The fraction of sp³-hybridized carbons (Fsp3) is 0.348. The molecule has 0 N–H and O–H groups in total. The Bertz CT molecular complexity index is 1150. The minimum absolute atomic E-state index is 0.247. The maximum Gasteiger partial charge on any atom is 0.210 e. The summed E-state index contributed by atoms with van der Waals surface area (Å²) >= 11 is 0. The van der Waals surface area contributed by atoms with Gasteiger partial charge in [-0.3, -0.25) is 4.98 Å². The number of pyridine rings is 1. The van der Waals surface area contributed by atoms with E-state index in [1.165, 1.54) is 6.20 Å². The number of piperazine rings is 1. The molecule has 2 aromatic carbocycles. The normalized spacial score (nSPS) is 15.5. The summed E-state index contributed by atoms with van der Waals surface area (Å²) in [4.78, 5) is 9.44. The van der Waals surface area contributed by atoms with Crippen molar-refractivity contribution in [3.8, 4) is 5.75 Å². The second kappa shape index (κ2) is 8.24. The van der Waals surface area contributed by atoms with Crippen molar-refractivity contribution in [2.45, 2.75) is 23.6 Å². The first-order chi connectivity index (χ1) is 14.4. The van der Waals surface area contributed by atoms with Crippen LogP contribution in [0.25, 0.3) is 10.9 Å². The highest BCUT2D eigenvalue weighted by atomic mass is 32.2. The third-order valence-corrected chi connectivity index (χ3v) is 7.30. The summed E-state index contributed by atoms with van der Waals surface area (Å²) in [6.07, 6.45) is 1.51. The lowest BCUT2D eigenvalue weighted by molar-refractivity contribution is 0.312. The standard InChI is InChI=1S/C23H27N3O3S/c1-4-29-18-7-10-21-20(15-18)23(26-13-11-25(3)12-14-26)22(16-24-21)30(27,28)19-8-5-17(2)6-9-19/h5-10,15-16H,4,11-14H2,1-3H3. The summed E-state index contributed by atoms with van der Waals surface area (Å²) in [6, 6.07) is 12.7. The van der Waals surface area contributed by atoms with Gasteiger partial charge in [-0.2, -0.15) is 0 Å². The Hall–Kier alpha value is -2.64. The summed E-state index contributed by atoms with van der Waals surface area (Å²) in [6.45, 7) is 7.68. The topological polar surface area (TPSA) is 62.7 Å². The summed E-state index contributed by atoms with van der Waals surface area (Å²) < 4.78 is 32.9. The van der Waals surface area contributed by atoms with E-state index in [9.17, 15) is 8.42 Å². The van der Waals surface area contributed by atoms with Crippen LogP contribution in [0.1, 0.15) is 12.5 Å². The summed E-state index contributed by atoms with van der Waals surface area (Å²) in [5.41, 5.74) is 2.50. The van der Waals surface area contributed by atoms with Gasteiger partial charge in [-0.15, -0.1) is 0 Å². The fourth-order valence-electron chi connectivity index (χ4n) is 3.79. The van der Waals surface area contributed by atoms with Crippen molar-refractivity contribution < 1.29 is 13.2 Å². The molecule has 2 heterocycles. The average Bonchev–Trinajstić information content (AvgIpc) is 2.74. The zero-order valence-electron chi connectivity index (χ0n) is 17.6. The van der Waals surface area contributed by atoms with E-state index in [4.69, 9.17) is 4.74 Å². The van der Waals surface area contributed by atoms with Crippen molar-refractivity contribution in [1.29, 1.82) is 0 Å². The van der Waals surface area contributed by atoms with Gasteiger partial charge >= 0.3 is 0 Å². The van der Waals surface area contributed by atoms with Crippen LogP contribution in [0.2, 0.25) is 0 Å². The van der Waals surface area contributed by atoms with Gasteiger partial charge < -0.3 is 14.5 Å². The predicted octanol–water partition coefficient (Wildman–Crippen LogP) is 3.53. The molecule has 0 aliphatic carbocycles. The van der Waals surface area contributed by atoms with E-state index in [1.54, 1.807) is 12.1 Å². The number of sulfone groups is 1. The Kier molecular flexibility index (Phi) is 5.66. The number of fused-ring (bicyclic) bond motifs is 1. The van der Waals surface area contributed by atoms with Crippen LogP contribution in [0.3, 0.4) is 0 Å². The van der Waals surface area contributed by atoms with E-state index in [0.717, 1.165) is 48.3 Å². The molecule has 7 heteroatoms. The van der Waals surface area contributed by atoms with Crippen LogP contribution < -0.4 is 9.64 Å². The molecule has 0 unspecified atom stereocenters. The van der Waals surface area contributed by atoms with Gasteiger partial charge in [-0.05, 0) is 51.2 Å². The lowest BCUT2D eigenvalue weighted by atomic mass is 10.1. The molecule has 1 aromatic heterocycles. The van der Waals surface area contributed by atoms with Crippen molar-refractivity contribution in [3.63, 3.8) is 0 Å². The molecule has 0 saturated carbocycles. The molecule has 1 fully saturated rings. The van der Waals surface area contributed by atoms with Crippen molar-refractivity contribution in [2.75, 3.05) is 44.7 Å². The molecule has 30 heavy (non-hydrogen) atoms. The number of ether oxygens (including phenoxy) is 1. The second-order valence-corrected chi connectivity index (χ2v) is 9.61.